The number of fused-ring (bicyclic) bond motifs is 3. The van der Waals surface area contributed by atoms with E-state index in [-0.39, 0.29) is 5.91 Å². The van der Waals surface area contributed by atoms with Crippen molar-refractivity contribution in [3.05, 3.63) is 35.2 Å². The number of benzene rings is 1. The number of alkyl carbamates (subject to hydrolysis) is 1. The highest BCUT2D eigenvalue weighted by Crippen LogP contribution is 2.49. The average Bonchev–Trinajstić information content (AvgIpc) is 3.45. The Morgan fingerprint density at radius 3 is 2.63 bits per heavy atom. The van der Waals surface area contributed by atoms with E-state index < -0.39 is 22.8 Å². The van der Waals surface area contributed by atoms with Gasteiger partial charge in [0.15, 0.2) is 0 Å². The van der Waals surface area contributed by atoms with Crippen LogP contribution in [0.4, 0.5) is 4.79 Å². The fourth-order valence-electron chi connectivity index (χ4n) is 6.85. The van der Waals surface area contributed by atoms with Gasteiger partial charge in [-0.2, -0.15) is 0 Å². The van der Waals surface area contributed by atoms with E-state index >= 15 is 0 Å². The summed E-state index contributed by atoms with van der Waals surface area (Å²) < 4.78 is 11.2. The second kappa shape index (κ2) is 9.59. The molecular formula is C29H38N4O4S. The van der Waals surface area contributed by atoms with Crippen molar-refractivity contribution >= 4 is 34.4 Å². The molecule has 0 spiro atoms. The average molecular weight is 539 g/mol. The Balaban J connectivity index is 1.43. The monoisotopic (exact) mass is 538 g/mol. The number of amides is 2. The van der Waals surface area contributed by atoms with E-state index in [1.165, 1.54) is 0 Å². The number of nitrogens with zero attached hydrogens (tertiary/aromatic N) is 1. The zero-order valence-electron chi connectivity index (χ0n) is 23.1. The van der Waals surface area contributed by atoms with Crippen LogP contribution in [0.3, 0.4) is 0 Å². The van der Waals surface area contributed by atoms with Crippen LogP contribution in [-0.4, -0.2) is 45.8 Å². The molecule has 2 fully saturated rings. The molecule has 2 aliphatic carbocycles. The number of hydrogen-bond acceptors (Lipinski definition) is 6. The van der Waals surface area contributed by atoms with Crippen LogP contribution in [0.1, 0.15) is 77.1 Å². The van der Waals surface area contributed by atoms with E-state index in [2.05, 4.69) is 29.5 Å². The standard InChI is InChI=1S/C29H38N4O4S/c1-17-12-18-14-28(5,16-29(13-17,15-18)33-26(35)37-27(2,3)4)32-25(34)19-9-10-20(36-6)23-22(19)30-24(31-23)21-8-7-11-38-21/h7-11,17-18H,12-16H2,1-6H3,(H,30,31)(H,32,34)(H,33,35). The fraction of sp³-hybridized carbons (Fsp3) is 0.552. The van der Waals surface area contributed by atoms with E-state index in [9.17, 15) is 9.59 Å². The van der Waals surface area contributed by atoms with Crippen molar-refractivity contribution in [2.75, 3.05) is 7.11 Å². The summed E-state index contributed by atoms with van der Waals surface area (Å²) in [5.74, 6) is 2.07. The van der Waals surface area contributed by atoms with Crippen molar-refractivity contribution in [1.82, 2.24) is 20.6 Å². The molecule has 204 valence electrons. The topological polar surface area (TPSA) is 105 Å². The molecule has 3 aromatic rings. The number of methoxy groups -OCH3 is 1. The van der Waals surface area contributed by atoms with Gasteiger partial charge in [-0.3, -0.25) is 4.79 Å². The predicted molar refractivity (Wildman–Crippen MR) is 150 cm³/mol. The van der Waals surface area contributed by atoms with Gasteiger partial charge >= 0.3 is 6.09 Å². The quantitative estimate of drug-likeness (QED) is 0.354. The highest BCUT2D eigenvalue weighted by Gasteiger charge is 2.51. The molecule has 2 bridgehead atoms. The number of ether oxygens (including phenoxy) is 2. The zero-order valence-corrected chi connectivity index (χ0v) is 23.9. The van der Waals surface area contributed by atoms with Crippen LogP contribution in [-0.2, 0) is 4.74 Å². The first-order valence-electron chi connectivity index (χ1n) is 13.3. The minimum absolute atomic E-state index is 0.176. The molecule has 3 N–H and O–H groups in total. The Morgan fingerprint density at radius 2 is 1.95 bits per heavy atom. The van der Waals surface area contributed by atoms with Gasteiger partial charge in [0.05, 0.1) is 17.6 Å². The molecule has 0 radical (unpaired) electrons. The van der Waals surface area contributed by atoms with Crippen LogP contribution in [0.5, 0.6) is 5.75 Å². The summed E-state index contributed by atoms with van der Waals surface area (Å²) in [6.45, 7) is 9.96. The lowest BCUT2D eigenvalue weighted by Gasteiger charge is -2.54. The third-order valence-electron chi connectivity index (χ3n) is 7.63. The van der Waals surface area contributed by atoms with Gasteiger partial charge in [0, 0.05) is 11.1 Å². The SMILES string of the molecule is COc1ccc(C(=O)NC2(C)CC3CC(C)CC(NC(=O)OC(C)(C)C)(C3)C2)c2nc(-c3cccs3)[nH]c12. The van der Waals surface area contributed by atoms with Crippen LogP contribution in [0, 0.1) is 11.8 Å². The van der Waals surface area contributed by atoms with Crippen molar-refractivity contribution < 1.29 is 19.1 Å². The Labute approximate surface area is 227 Å². The minimum atomic E-state index is -0.572. The van der Waals surface area contributed by atoms with E-state index in [0.717, 1.165) is 30.6 Å². The lowest BCUT2D eigenvalue weighted by Crippen LogP contribution is -2.64. The molecule has 2 aliphatic rings. The van der Waals surface area contributed by atoms with Gasteiger partial charge in [-0.25, -0.2) is 9.78 Å². The summed E-state index contributed by atoms with van der Waals surface area (Å²) in [7, 11) is 1.61. The summed E-state index contributed by atoms with van der Waals surface area (Å²) in [6, 6.07) is 7.55. The second-order valence-corrected chi connectivity index (χ2v) is 13.5. The number of carbonyl (C=O) groups excluding carboxylic acids is 2. The lowest BCUT2D eigenvalue weighted by atomic mass is 9.58. The number of imidazole rings is 1. The highest BCUT2D eigenvalue weighted by molar-refractivity contribution is 7.13. The third-order valence-corrected chi connectivity index (χ3v) is 8.51. The van der Waals surface area contributed by atoms with Crippen molar-refractivity contribution in [3.63, 3.8) is 0 Å². The maximum atomic E-state index is 13.8. The molecule has 2 aromatic heterocycles. The van der Waals surface area contributed by atoms with Gasteiger partial charge < -0.3 is 25.1 Å². The number of aromatic amines is 1. The summed E-state index contributed by atoms with van der Waals surface area (Å²) in [5.41, 5.74) is 0.302. The van der Waals surface area contributed by atoms with Crippen LogP contribution in [0.25, 0.3) is 21.7 Å². The van der Waals surface area contributed by atoms with Crippen LogP contribution >= 0.6 is 11.3 Å². The largest absolute Gasteiger partial charge is 0.494 e. The second-order valence-electron chi connectivity index (χ2n) is 12.5. The minimum Gasteiger partial charge on any atom is -0.494 e. The zero-order chi connectivity index (χ0) is 27.3. The van der Waals surface area contributed by atoms with E-state index in [4.69, 9.17) is 14.5 Å². The van der Waals surface area contributed by atoms with Crippen LogP contribution in [0.15, 0.2) is 29.6 Å². The molecule has 2 amide bonds. The number of rotatable bonds is 5. The van der Waals surface area contributed by atoms with E-state index in [0.29, 0.717) is 46.4 Å². The van der Waals surface area contributed by atoms with E-state index in [1.807, 2.05) is 38.3 Å². The van der Waals surface area contributed by atoms with Gasteiger partial charge in [0.2, 0.25) is 0 Å². The Kier molecular flexibility index (Phi) is 6.70. The summed E-state index contributed by atoms with van der Waals surface area (Å²) >= 11 is 1.58. The molecule has 2 heterocycles. The number of aromatic nitrogens is 2. The Morgan fingerprint density at radius 1 is 1.16 bits per heavy atom. The summed E-state index contributed by atoms with van der Waals surface area (Å²) in [5, 5.41) is 8.59. The predicted octanol–water partition coefficient (Wildman–Crippen LogP) is 6.28. The maximum absolute atomic E-state index is 13.8. The van der Waals surface area contributed by atoms with Gasteiger partial charge in [-0.15, -0.1) is 11.3 Å². The van der Waals surface area contributed by atoms with Crippen molar-refractivity contribution in [3.8, 4) is 16.5 Å². The fourth-order valence-corrected chi connectivity index (χ4v) is 7.52. The van der Waals surface area contributed by atoms with Crippen LogP contribution in [0.2, 0.25) is 0 Å². The molecular weight excluding hydrogens is 500 g/mol. The normalized spacial score (nSPS) is 27.1. The first kappa shape index (κ1) is 26.5. The highest BCUT2D eigenvalue weighted by atomic mass is 32.1. The molecule has 9 heteroatoms. The smallest absolute Gasteiger partial charge is 0.408 e. The van der Waals surface area contributed by atoms with Gasteiger partial charge in [0.1, 0.15) is 28.2 Å². The molecule has 38 heavy (non-hydrogen) atoms. The first-order valence-corrected chi connectivity index (χ1v) is 14.2. The number of nitrogens with one attached hydrogen (secondary N) is 3. The molecule has 5 rings (SSSR count). The lowest BCUT2D eigenvalue weighted by molar-refractivity contribution is 0.00750. The van der Waals surface area contributed by atoms with Crippen LogP contribution < -0.4 is 15.4 Å². The maximum Gasteiger partial charge on any atom is 0.408 e. The van der Waals surface area contributed by atoms with Gasteiger partial charge in [0.25, 0.3) is 5.91 Å². The Bertz CT molecular complexity index is 1340. The number of H-pyrrole nitrogens is 1. The van der Waals surface area contributed by atoms with E-state index in [1.54, 1.807) is 30.6 Å². The number of thiophene rings is 1. The number of hydrogen-bond donors (Lipinski definition) is 3. The summed E-state index contributed by atoms with van der Waals surface area (Å²) in [4.78, 5) is 35.8. The molecule has 8 nitrogen and oxygen atoms in total. The first-order chi connectivity index (χ1) is 17.9. The molecule has 1 aromatic carbocycles. The Hall–Kier alpha value is -3.07. The number of carbonyl (C=O) groups is 2. The molecule has 0 aliphatic heterocycles. The van der Waals surface area contributed by atoms with Crippen molar-refractivity contribution in [1.29, 1.82) is 0 Å². The molecule has 4 unspecified atom stereocenters. The molecule has 0 saturated heterocycles. The molecule has 4 atom stereocenters. The van der Waals surface area contributed by atoms with Gasteiger partial charge in [-0.05, 0) is 95.2 Å². The van der Waals surface area contributed by atoms with Gasteiger partial charge in [-0.1, -0.05) is 13.0 Å². The van der Waals surface area contributed by atoms with Crippen molar-refractivity contribution in [2.45, 2.75) is 83.4 Å². The third kappa shape index (κ3) is 5.39. The molecule has 2 saturated carbocycles. The van der Waals surface area contributed by atoms with Crippen molar-refractivity contribution in [2.24, 2.45) is 11.8 Å². The summed E-state index contributed by atoms with van der Waals surface area (Å²) in [6.07, 6.45) is 3.96.